The van der Waals surface area contributed by atoms with Crippen molar-refractivity contribution in [1.82, 2.24) is 31.8 Å². The largest absolute Gasteiger partial charge is 0.321 e. The second-order valence-electron chi connectivity index (χ2n) is 7.19. The maximum absolute atomic E-state index is 6.00. The molecule has 6 atom stereocenters. The van der Waals surface area contributed by atoms with Crippen LogP contribution in [0.4, 0.5) is 0 Å². The highest BCUT2D eigenvalue weighted by atomic mass is 127. The van der Waals surface area contributed by atoms with Crippen molar-refractivity contribution in [3.8, 4) is 0 Å². The fourth-order valence-corrected chi connectivity index (χ4v) is 2.42. The van der Waals surface area contributed by atoms with Crippen LogP contribution in [-0.2, 0) is 70.2 Å². The van der Waals surface area contributed by atoms with Crippen LogP contribution in [0.1, 0.15) is 0 Å². The lowest BCUT2D eigenvalue weighted by Gasteiger charge is -2.31. The van der Waals surface area contributed by atoms with Crippen LogP contribution in [0.15, 0.2) is 0 Å². The summed E-state index contributed by atoms with van der Waals surface area (Å²) in [5, 5.41) is -9.99. The first kappa shape index (κ1) is 50.1. The molecule has 48 heavy (non-hydrogen) atoms. The second-order valence-corrected chi connectivity index (χ2v) is 9.16. The van der Waals surface area contributed by atoms with Crippen LogP contribution in [0.3, 0.4) is 0 Å². The molecule has 0 aromatic carbocycles. The smallest absolute Gasteiger partial charge is 0.240 e. The number of halogens is 5. The van der Waals surface area contributed by atoms with Crippen LogP contribution in [0, 0.1) is 0 Å². The Morgan fingerprint density at radius 3 is 0.812 bits per heavy atom. The molecule has 0 fully saturated rings. The van der Waals surface area contributed by atoms with Gasteiger partial charge in [0.1, 0.15) is 125 Å². The molecule has 0 rings (SSSR count). The Bertz CT molecular complexity index is 926. The Balaban J connectivity index is 7.12. The Hall–Kier alpha value is 2.05. The molecule has 0 spiro atoms. The quantitative estimate of drug-likeness (QED) is 0.0157. The van der Waals surface area contributed by atoms with Crippen LogP contribution in [0.25, 0.3) is 0 Å². The highest BCUT2D eigenvalue weighted by Gasteiger charge is 2.70. The topological polar surface area (TPSA) is 479 Å². The van der Waals surface area contributed by atoms with Gasteiger partial charge in [0.2, 0.25) is 0 Å². The predicted octanol–water partition coefficient (Wildman–Crippen LogP) is -7.21. The van der Waals surface area contributed by atoms with Crippen molar-refractivity contribution >= 4 is 115 Å². The first-order chi connectivity index (χ1) is 21.7. The third kappa shape index (κ3) is 20.5. The standard InChI is InChI=1S/C3H33I5N24O16/c1-21(9)38-27(2,15)44-29(17,40-23(11)34-5)46-31(19,42-25(13)36-7)48-32(20,43-26(14)37-8)47-30(18,41-24(12)35-6)45-28(3,16)39-22(10)33-4/h9-20H2,1-3H3/q+6. The number of nitrogens with zero attached hydrogens (tertiary/aromatic N) is 12. The number of rotatable bonds is 27. The summed E-state index contributed by atoms with van der Waals surface area (Å²) in [5.41, 5.74) is 0. The summed E-state index contributed by atoms with van der Waals surface area (Å²) in [6.45, 7) is 0. The molecule has 0 aromatic heterocycles. The van der Waals surface area contributed by atoms with E-state index in [9.17, 15) is 0 Å². The van der Waals surface area contributed by atoms with Gasteiger partial charge < -0.3 is 0 Å². The van der Waals surface area contributed by atoms with Crippen LogP contribution < -0.4 is 70.1 Å². The second kappa shape index (κ2) is 21.8. The van der Waals surface area contributed by atoms with Crippen LogP contribution in [-0.4, -0.2) is 83.2 Å². The summed E-state index contributed by atoms with van der Waals surface area (Å²) in [6, 6.07) is 0. The predicted molar refractivity (Wildman–Crippen MR) is 168 cm³/mol. The molecule has 24 N–H and O–H groups in total. The lowest BCUT2D eigenvalue weighted by molar-refractivity contribution is -1.73. The summed E-state index contributed by atoms with van der Waals surface area (Å²) in [6.07, 6.45) is 0. The molecular formula is C3H33I5N24O16+6. The van der Waals surface area contributed by atoms with Crippen molar-refractivity contribution in [2.45, 2.75) is 0 Å². The Morgan fingerprint density at radius 2 is 0.583 bits per heavy atom. The molecule has 0 aromatic rings. The number of hydrogen-bond acceptors (Lipinski definition) is 34. The molecule has 0 aliphatic heterocycles. The highest BCUT2D eigenvalue weighted by molar-refractivity contribution is 14.1. The summed E-state index contributed by atoms with van der Waals surface area (Å²) >= 11 is 6.03. The van der Waals surface area contributed by atoms with Crippen molar-refractivity contribution in [3.05, 3.63) is 0 Å². The van der Waals surface area contributed by atoms with Gasteiger partial charge in [-0.25, -0.2) is 35.1 Å². The number of nitrogens with two attached hydrogens (primary N) is 12. The number of hydroxylamine groups is 5. The van der Waals surface area contributed by atoms with Crippen molar-refractivity contribution < 1.29 is 100 Å². The van der Waals surface area contributed by atoms with E-state index >= 15 is 0 Å². The van der Waals surface area contributed by atoms with Gasteiger partial charge in [-0.2, -0.15) is 15.8 Å². The maximum Gasteiger partial charge on any atom is 0.321 e. The van der Waals surface area contributed by atoms with Crippen LogP contribution in [0.2, 0.25) is 0 Å². The van der Waals surface area contributed by atoms with Crippen LogP contribution in [0.5, 0.6) is 0 Å². The minimum atomic E-state index is -2.72. The first-order valence-electron chi connectivity index (χ1n) is 10.1. The van der Waals surface area contributed by atoms with E-state index in [1.807, 2.05) is 0 Å². The monoisotopic (exact) mass is 1300 g/mol. The van der Waals surface area contributed by atoms with Crippen molar-refractivity contribution in [3.63, 3.8) is 0 Å². The lowest BCUT2D eigenvalue weighted by Crippen LogP contribution is -2.79. The molecule has 0 saturated heterocycles. The molecule has 0 saturated carbocycles. The van der Waals surface area contributed by atoms with Gasteiger partial charge in [0.25, 0.3) is 0 Å². The molecule has 40 nitrogen and oxygen atoms in total. The number of quaternary nitrogens is 6. The van der Waals surface area contributed by atoms with E-state index < -0.39 is 30.2 Å². The van der Waals surface area contributed by atoms with Gasteiger partial charge in [0.05, 0.1) is 26.7 Å². The SMILES string of the molecule is CN(N)O[N+](C)(N)O[N+](N)(ON(N)OI)O[N+](N)(ON(N)OI)O[N+](N)(ON(N)OI)O[N+](N)(ON(N)OI)O[N+](C)(N)ON(N)OI. The fourth-order valence-electron chi connectivity index (χ4n) is 2.06. The average molecular weight is 1300 g/mol. The fraction of sp³-hybridized carbons (Fsp3) is 1.00. The first-order valence-corrected chi connectivity index (χ1v) is 14.5. The van der Waals surface area contributed by atoms with Gasteiger partial charge in [-0.1, -0.05) is 28.5 Å². The third-order valence-electron chi connectivity index (χ3n) is 2.89. The molecular weight excluding hydrogens is 1260 g/mol. The van der Waals surface area contributed by atoms with Gasteiger partial charge in [-0.05, 0) is 9.88 Å². The zero-order chi connectivity index (χ0) is 37.8. The molecule has 6 unspecified atom stereocenters. The Morgan fingerprint density at radius 1 is 0.375 bits per heavy atom. The molecule has 45 heteroatoms. The Labute approximate surface area is 335 Å². The van der Waals surface area contributed by atoms with Gasteiger partial charge in [-0.15, -0.1) is 11.7 Å². The summed E-state index contributed by atoms with van der Waals surface area (Å²) in [5.74, 6) is 68.1. The van der Waals surface area contributed by atoms with E-state index in [2.05, 4.69) is 15.8 Å². The van der Waals surface area contributed by atoms with Crippen molar-refractivity contribution in [2.24, 2.45) is 70.1 Å². The molecule has 290 valence electrons. The summed E-state index contributed by atoms with van der Waals surface area (Å²) < 4.78 is 22.8. The summed E-state index contributed by atoms with van der Waals surface area (Å²) in [4.78, 5) is 51.7. The zero-order valence-corrected chi connectivity index (χ0v) is 34.5. The van der Waals surface area contributed by atoms with E-state index in [4.69, 9.17) is 124 Å². The minimum Gasteiger partial charge on any atom is -0.240 e. The average Bonchev–Trinajstić information content (AvgIpc) is 2.89. The van der Waals surface area contributed by atoms with Crippen molar-refractivity contribution in [1.29, 1.82) is 0 Å². The summed E-state index contributed by atoms with van der Waals surface area (Å²) in [7, 11) is 2.99. The van der Waals surface area contributed by atoms with Gasteiger partial charge in [0, 0.05) is 26.8 Å². The van der Waals surface area contributed by atoms with E-state index in [0.29, 0.717) is 5.17 Å². The van der Waals surface area contributed by atoms with Crippen molar-refractivity contribution in [2.75, 3.05) is 21.1 Å². The van der Waals surface area contributed by atoms with E-state index in [1.165, 1.54) is 115 Å². The molecule has 0 heterocycles. The van der Waals surface area contributed by atoms with Gasteiger partial charge in [0.15, 0.2) is 38.8 Å². The molecule has 0 aliphatic rings. The normalized spacial score (nSPS) is 20.6. The minimum absolute atomic E-state index is 0.0151. The van der Waals surface area contributed by atoms with Gasteiger partial charge in [-0.3, -0.25) is 0 Å². The molecule has 0 bridgehead atoms. The molecule has 0 aliphatic carbocycles. The maximum atomic E-state index is 6.00. The molecule has 0 radical (unpaired) electrons. The number of hydrazine groups is 6. The number of hydrogen-bond donors (Lipinski definition) is 12. The van der Waals surface area contributed by atoms with E-state index in [0.717, 1.165) is 21.1 Å². The van der Waals surface area contributed by atoms with Gasteiger partial charge >= 0.3 is 20.3 Å². The third-order valence-corrected chi connectivity index (χ3v) is 4.83. The zero-order valence-electron chi connectivity index (χ0n) is 23.7. The van der Waals surface area contributed by atoms with E-state index in [-0.39, 0.29) is 26.7 Å². The lowest BCUT2D eigenvalue weighted by atomic mass is 11.4. The van der Waals surface area contributed by atoms with Crippen LogP contribution >= 0.6 is 115 Å². The van der Waals surface area contributed by atoms with E-state index in [1.54, 1.807) is 0 Å². The molecule has 0 amide bonds. The Kier molecular flexibility index (Phi) is 22.7. The highest BCUT2D eigenvalue weighted by Crippen LogP contribution is 2.25.